The van der Waals surface area contributed by atoms with Gasteiger partial charge in [0.05, 0.1) is 17.9 Å². The van der Waals surface area contributed by atoms with Gasteiger partial charge in [-0.05, 0) is 24.6 Å². The Balaban J connectivity index is 2.15. The number of carbonyl (C=O) groups is 2. The molecule has 1 fully saturated rings. The third kappa shape index (κ3) is 2.81. The minimum absolute atomic E-state index is 0.0170. The van der Waals surface area contributed by atoms with Gasteiger partial charge in [0.15, 0.2) is 0 Å². The van der Waals surface area contributed by atoms with E-state index in [1.165, 1.54) is 6.08 Å². The molecular formula is C14H17N3O2. The number of piperidine rings is 1. The van der Waals surface area contributed by atoms with Gasteiger partial charge in [-0.25, -0.2) is 0 Å². The third-order valence-corrected chi connectivity index (χ3v) is 3.41. The zero-order valence-corrected chi connectivity index (χ0v) is 11.0. The molecule has 2 amide bonds. The van der Waals surface area contributed by atoms with Crippen LogP contribution in [0.1, 0.15) is 12.8 Å². The van der Waals surface area contributed by atoms with Gasteiger partial charge < -0.3 is 9.80 Å². The predicted octanol–water partition coefficient (Wildman–Crippen LogP) is 1.22. The fraction of sp³-hybridized carbons (Fsp3) is 0.357. The molecule has 1 atom stereocenters. The molecule has 0 spiro atoms. The smallest absolute Gasteiger partial charge is 0.246 e. The first kappa shape index (κ1) is 13.3. The molecule has 1 aromatic rings. The van der Waals surface area contributed by atoms with E-state index >= 15 is 0 Å². The maximum Gasteiger partial charge on any atom is 0.246 e. The lowest BCUT2D eigenvalue weighted by Crippen LogP contribution is -2.50. The molecule has 2 heterocycles. The average Bonchev–Trinajstić information content (AvgIpc) is 2.47. The van der Waals surface area contributed by atoms with Crippen molar-refractivity contribution in [3.05, 3.63) is 37.2 Å². The van der Waals surface area contributed by atoms with Gasteiger partial charge in [-0.1, -0.05) is 6.58 Å². The summed E-state index contributed by atoms with van der Waals surface area (Å²) in [5, 5.41) is 0. The zero-order valence-electron chi connectivity index (χ0n) is 11.0. The topological polar surface area (TPSA) is 53.5 Å². The van der Waals surface area contributed by atoms with Gasteiger partial charge in [-0.3, -0.25) is 14.6 Å². The molecule has 0 bridgehead atoms. The molecule has 1 aliphatic heterocycles. The third-order valence-electron chi connectivity index (χ3n) is 3.41. The summed E-state index contributed by atoms with van der Waals surface area (Å²) in [6.07, 6.45) is 5.75. The average molecular weight is 259 g/mol. The van der Waals surface area contributed by atoms with Crippen molar-refractivity contribution in [1.82, 2.24) is 9.88 Å². The Labute approximate surface area is 112 Å². The Kier molecular flexibility index (Phi) is 3.94. The van der Waals surface area contributed by atoms with E-state index in [1.54, 1.807) is 35.3 Å². The maximum atomic E-state index is 12.0. The van der Waals surface area contributed by atoms with Crippen LogP contribution in [0.5, 0.6) is 0 Å². The van der Waals surface area contributed by atoms with Crippen molar-refractivity contribution in [2.45, 2.75) is 18.9 Å². The summed E-state index contributed by atoms with van der Waals surface area (Å²) >= 11 is 0. The molecule has 2 rings (SSSR count). The second kappa shape index (κ2) is 5.65. The van der Waals surface area contributed by atoms with Crippen LogP contribution >= 0.6 is 0 Å². The molecule has 0 N–H and O–H groups in total. The number of likely N-dealkylation sites (N-methyl/N-ethyl adjacent to an activating group) is 1. The van der Waals surface area contributed by atoms with Crippen molar-refractivity contribution in [3.8, 4) is 0 Å². The fourth-order valence-corrected chi connectivity index (χ4v) is 2.23. The van der Waals surface area contributed by atoms with Crippen molar-refractivity contribution in [2.75, 3.05) is 18.5 Å². The van der Waals surface area contributed by atoms with Crippen LogP contribution in [0.4, 0.5) is 5.69 Å². The summed E-state index contributed by atoms with van der Waals surface area (Å²) in [4.78, 5) is 31.0. The number of rotatable bonds is 3. The minimum Gasteiger partial charge on any atom is -0.337 e. The molecule has 0 aromatic carbocycles. The molecule has 5 heteroatoms. The van der Waals surface area contributed by atoms with Crippen molar-refractivity contribution in [1.29, 1.82) is 0 Å². The predicted molar refractivity (Wildman–Crippen MR) is 72.6 cm³/mol. The second-order valence-corrected chi connectivity index (χ2v) is 4.56. The van der Waals surface area contributed by atoms with Crippen LogP contribution in [0.25, 0.3) is 0 Å². The van der Waals surface area contributed by atoms with Crippen LogP contribution in [-0.2, 0) is 9.59 Å². The number of aromatic nitrogens is 1. The van der Waals surface area contributed by atoms with Crippen LogP contribution < -0.4 is 4.90 Å². The number of pyridine rings is 1. The summed E-state index contributed by atoms with van der Waals surface area (Å²) in [7, 11) is 1.74. The van der Waals surface area contributed by atoms with Gasteiger partial charge in [0.1, 0.15) is 0 Å². The van der Waals surface area contributed by atoms with Crippen molar-refractivity contribution < 1.29 is 9.59 Å². The van der Waals surface area contributed by atoms with Gasteiger partial charge in [-0.15, -0.1) is 0 Å². The number of hydrogen-bond donors (Lipinski definition) is 0. The van der Waals surface area contributed by atoms with Gasteiger partial charge in [0.2, 0.25) is 11.8 Å². The van der Waals surface area contributed by atoms with Crippen LogP contribution in [0, 0.1) is 0 Å². The second-order valence-electron chi connectivity index (χ2n) is 4.56. The Morgan fingerprint density at radius 2 is 2.42 bits per heavy atom. The van der Waals surface area contributed by atoms with Crippen LogP contribution in [0.3, 0.4) is 0 Å². The molecule has 0 saturated carbocycles. The molecule has 19 heavy (non-hydrogen) atoms. The van der Waals surface area contributed by atoms with Gasteiger partial charge in [0, 0.05) is 26.2 Å². The van der Waals surface area contributed by atoms with Crippen LogP contribution in [0.15, 0.2) is 37.2 Å². The highest BCUT2D eigenvalue weighted by Gasteiger charge is 2.30. The molecule has 1 unspecified atom stereocenters. The normalized spacial score (nSPS) is 19.1. The van der Waals surface area contributed by atoms with E-state index in [-0.39, 0.29) is 17.9 Å². The number of amides is 2. The van der Waals surface area contributed by atoms with Gasteiger partial charge >= 0.3 is 0 Å². The quantitative estimate of drug-likeness (QED) is 0.767. The highest BCUT2D eigenvalue weighted by Crippen LogP contribution is 2.22. The zero-order chi connectivity index (χ0) is 13.8. The van der Waals surface area contributed by atoms with E-state index in [1.807, 2.05) is 6.07 Å². The van der Waals surface area contributed by atoms with Crippen molar-refractivity contribution >= 4 is 17.5 Å². The number of carbonyl (C=O) groups excluding carboxylic acids is 2. The minimum atomic E-state index is -0.120. The monoisotopic (exact) mass is 259 g/mol. The lowest BCUT2D eigenvalue weighted by molar-refractivity contribution is -0.129. The van der Waals surface area contributed by atoms with E-state index in [0.29, 0.717) is 19.4 Å². The standard InChI is InChI=1S/C14H17N3O2/c1-3-13(18)16(2)12-6-7-14(19)17(10-12)11-5-4-8-15-9-11/h3-5,8-9,12H,1,6-7,10H2,2H3. The molecule has 1 saturated heterocycles. The molecular weight excluding hydrogens is 242 g/mol. The molecule has 1 aliphatic rings. The largest absolute Gasteiger partial charge is 0.337 e. The lowest BCUT2D eigenvalue weighted by Gasteiger charge is -2.36. The SMILES string of the molecule is C=CC(=O)N(C)C1CCC(=O)N(c2cccnc2)C1. The van der Waals surface area contributed by atoms with E-state index < -0.39 is 0 Å². The maximum absolute atomic E-state index is 12.0. The number of nitrogens with zero attached hydrogens (tertiary/aromatic N) is 3. The Morgan fingerprint density at radius 3 is 3.05 bits per heavy atom. The molecule has 1 aromatic heterocycles. The summed E-state index contributed by atoms with van der Waals surface area (Å²) in [5.74, 6) is -0.0470. The first-order valence-corrected chi connectivity index (χ1v) is 6.23. The first-order chi connectivity index (χ1) is 9.13. The van der Waals surface area contributed by atoms with Crippen LogP contribution in [0.2, 0.25) is 0 Å². The van der Waals surface area contributed by atoms with Crippen LogP contribution in [-0.4, -0.2) is 41.3 Å². The Bertz CT molecular complexity index is 487. The number of anilines is 1. The van der Waals surface area contributed by atoms with Crippen molar-refractivity contribution in [3.63, 3.8) is 0 Å². The highest BCUT2D eigenvalue weighted by molar-refractivity contribution is 5.94. The molecule has 100 valence electrons. The van der Waals surface area contributed by atoms with Crippen molar-refractivity contribution in [2.24, 2.45) is 0 Å². The summed E-state index contributed by atoms with van der Waals surface area (Å²) < 4.78 is 0. The Morgan fingerprint density at radius 1 is 1.63 bits per heavy atom. The van der Waals surface area contributed by atoms with Gasteiger partial charge in [0.25, 0.3) is 0 Å². The fourth-order valence-electron chi connectivity index (χ4n) is 2.23. The summed E-state index contributed by atoms with van der Waals surface area (Å²) in [6.45, 7) is 3.99. The first-order valence-electron chi connectivity index (χ1n) is 6.23. The van der Waals surface area contributed by atoms with E-state index in [4.69, 9.17) is 0 Å². The van der Waals surface area contributed by atoms with E-state index in [2.05, 4.69) is 11.6 Å². The molecule has 0 aliphatic carbocycles. The number of hydrogen-bond acceptors (Lipinski definition) is 3. The lowest BCUT2D eigenvalue weighted by atomic mass is 10.0. The summed E-state index contributed by atoms with van der Waals surface area (Å²) in [6, 6.07) is 3.66. The van der Waals surface area contributed by atoms with E-state index in [0.717, 1.165) is 5.69 Å². The Hall–Kier alpha value is -2.17. The van der Waals surface area contributed by atoms with E-state index in [9.17, 15) is 9.59 Å². The molecule has 5 nitrogen and oxygen atoms in total. The molecule has 0 radical (unpaired) electrons. The van der Waals surface area contributed by atoms with Gasteiger partial charge in [-0.2, -0.15) is 0 Å². The summed E-state index contributed by atoms with van der Waals surface area (Å²) in [5.41, 5.74) is 0.775. The highest BCUT2D eigenvalue weighted by atomic mass is 16.2.